The zero-order valence-corrected chi connectivity index (χ0v) is 10.1. The number of rotatable bonds is 3. The van der Waals surface area contributed by atoms with Crippen LogP contribution in [0.2, 0.25) is 0 Å². The van der Waals surface area contributed by atoms with Crippen LogP contribution in [0, 0.1) is 0 Å². The molecule has 0 atom stereocenters. The Morgan fingerprint density at radius 2 is 2.00 bits per heavy atom. The molecule has 0 spiro atoms. The second kappa shape index (κ2) is 7.45. The molecule has 86 valence electrons. The Morgan fingerprint density at radius 1 is 1.40 bits per heavy atom. The fraction of sp³-hybridized carbons (Fsp3) is 0.333. The van der Waals surface area contributed by atoms with Gasteiger partial charge in [-0.05, 0) is 26.2 Å². The molecule has 0 aliphatic heterocycles. The highest BCUT2D eigenvalue weighted by molar-refractivity contribution is 5.87. The lowest BCUT2D eigenvalue weighted by molar-refractivity contribution is 0.0696. The van der Waals surface area contributed by atoms with Crippen molar-refractivity contribution in [2.45, 2.75) is 6.54 Å². The lowest BCUT2D eigenvalue weighted by atomic mass is 10.2. The van der Waals surface area contributed by atoms with Crippen molar-refractivity contribution in [2.24, 2.45) is 0 Å². The third kappa shape index (κ3) is 5.57. The lowest BCUT2D eigenvalue weighted by Crippen LogP contribution is -2.12. The Hall–Kier alpha value is -0.840. The fourth-order valence-electron chi connectivity index (χ4n) is 0.969. The Morgan fingerprint density at radius 3 is 2.33 bits per heavy atom. The molecule has 1 aromatic rings. The van der Waals surface area contributed by atoms with Gasteiger partial charge in [0, 0.05) is 12.7 Å². The van der Waals surface area contributed by atoms with Crippen molar-refractivity contribution in [1.29, 1.82) is 0 Å². The smallest absolute Gasteiger partial charge is 0.337 e. The molecule has 0 saturated heterocycles. The normalized spacial score (nSPS) is 9.00. The first kappa shape index (κ1) is 16.6. The van der Waals surface area contributed by atoms with Gasteiger partial charge >= 0.3 is 5.97 Å². The molecule has 4 nitrogen and oxygen atoms in total. The average Bonchev–Trinajstić information content (AvgIpc) is 2.04. The van der Waals surface area contributed by atoms with Gasteiger partial charge in [0.15, 0.2) is 0 Å². The third-order valence-electron chi connectivity index (χ3n) is 1.55. The molecule has 0 amide bonds. The highest BCUT2D eigenvalue weighted by Crippen LogP contribution is 2.01. The van der Waals surface area contributed by atoms with Gasteiger partial charge in [-0.3, -0.25) is 4.98 Å². The maximum Gasteiger partial charge on any atom is 0.337 e. The van der Waals surface area contributed by atoms with Gasteiger partial charge in [-0.15, -0.1) is 24.8 Å². The highest BCUT2D eigenvalue weighted by Gasteiger charge is 2.02. The van der Waals surface area contributed by atoms with Gasteiger partial charge < -0.3 is 10.0 Å². The van der Waals surface area contributed by atoms with Gasteiger partial charge in [0.05, 0.1) is 11.3 Å². The monoisotopic (exact) mass is 252 g/mol. The summed E-state index contributed by atoms with van der Waals surface area (Å²) in [6.07, 6.45) is 1.38. The van der Waals surface area contributed by atoms with Crippen LogP contribution >= 0.6 is 24.8 Å². The summed E-state index contributed by atoms with van der Waals surface area (Å²) in [5.74, 6) is -0.941. The van der Waals surface area contributed by atoms with E-state index in [0.717, 1.165) is 12.2 Å². The van der Waals surface area contributed by atoms with Crippen LogP contribution in [0.4, 0.5) is 0 Å². The molecule has 0 aromatic carbocycles. The zero-order valence-electron chi connectivity index (χ0n) is 8.51. The molecule has 6 heteroatoms. The van der Waals surface area contributed by atoms with Gasteiger partial charge in [-0.25, -0.2) is 4.79 Å². The van der Waals surface area contributed by atoms with E-state index in [-0.39, 0.29) is 30.4 Å². The van der Waals surface area contributed by atoms with Crippen molar-refractivity contribution >= 4 is 30.8 Å². The predicted molar refractivity (Wildman–Crippen MR) is 63.1 cm³/mol. The van der Waals surface area contributed by atoms with E-state index >= 15 is 0 Å². The predicted octanol–water partition coefficient (Wildman–Crippen LogP) is 1.68. The summed E-state index contributed by atoms with van der Waals surface area (Å²) in [5, 5.41) is 8.61. The van der Waals surface area contributed by atoms with Crippen LogP contribution in [-0.4, -0.2) is 35.1 Å². The quantitative estimate of drug-likeness (QED) is 0.890. The van der Waals surface area contributed by atoms with Crippen LogP contribution in [0.3, 0.4) is 0 Å². The fourth-order valence-corrected chi connectivity index (χ4v) is 0.969. The molecule has 0 fully saturated rings. The third-order valence-corrected chi connectivity index (χ3v) is 1.55. The van der Waals surface area contributed by atoms with Crippen LogP contribution in [0.15, 0.2) is 18.3 Å². The summed E-state index contributed by atoms with van der Waals surface area (Å²) in [5.41, 5.74) is 1.09. The van der Waals surface area contributed by atoms with E-state index in [0.29, 0.717) is 0 Å². The number of carboxylic acids is 1. The number of halogens is 2. The van der Waals surface area contributed by atoms with Crippen LogP contribution < -0.4 is 0 Å². The minimum absolute atomic E-state index is 0. The van der Waals surface area contributed by atoms with Gasteiger partial charge in [-0.2, -0.15) is 0 Å². The van der Waals surface area contributed by atoms with Gasteiger partial charge in [0.2, 0.25) is 0 Å². The van der Waals surface area contributed by atoms with E-state index in [4.69, 9.17) is 5.11 Å². The molecule has 1 heterocycles. The molecule has 0 saturated carbocycles. The Bertz CT molecular complexity index is 301. The van der Waals surface area contributed by atoms with Crippen molar-refractivity contribution in [3.05, 3.63) is 29.6 Å². The minimum Gasteiger partial charge on any atom is -0.478 e. The molecule has 0 aliphatic rings. The van der Waals surface area contributed by atoms with Crippen LogP contribution in [-0.2, 0) is 6.54 Å². The largest absolute Gasteiger partial charge is 0.478 e. The van der Waals surface area contributed by atoms with Crippen molar-refractivity contribution in [3.63, 3.8) is 0 Å². The van der Waals surface area contributed by atoms with Gasteiger partial charge in [0.25, 0.3) is 0 Å². The SMILES string of the molecule is CN(C)Cc1ccc(C(=O)O)cn1.Cl.Cl. The first-order valence-electron chi connectivity index (χ1n) is 3.92. The molecule has 0 unspecified atom stereocenters. The maximum atomic E-state index is 10.5. The molecule has 1 rings (SSSR count). The second-order valence-electron chi connectivity index (χ2n) is 3.08. The van der Waals surface area contributed by atoms with Gasteiger partial charge in [0.1, 0.15) is 0 Å². The highest BCUT2D eigenvalue weighted by atomic mass is 35.5. The topological polar surface area (TPSA) is 53.4 Å². The summed E-state index contributed by atoms with van der Waals surface area (Å²) >= 11 is 0. The van der Waals surface area contributed by atoms with Crippen molar-refractivity contribution < 1.29 is 9.90 Å². The number of aromatic nitrogens is 1. The minimum atomic E-state index is -0.941. The summed E-state index contributed by atoms with van der Waals surface area (Å²) < 4.78 is 0. The maximum absolute atomic E-state index is 10.5. The number of carboxylic acid groups (broad SMARTS) is 1. The molecular weight excluding hydrogens is 239 g/mol. The van der Waals surface area contributed by atoms with E-state index in [1.54, 1.807) is 12.1 Å². The molecule has 0 bridgehead atoms. The van der Waals surface area contributed by atoms with Crippen molar-refractivity contribution in [3.8, 4) is 0 Å². The average molecular weight is 253 g/mol. The Kier molecular flexibility index (Phi) is 8.24. The van der Waals surface area contributed by atoms with Crippen LogP contribution in [0.1, 0.15) is 16.1 Å². The van der Waals surface area contributed by atoms with Gasteiger partial charge in [-0.1, -0.05) is 0 Å². The number of nitrogens with zero attached hydrogens (tertiary/aromatic N) is 2. The molecule has 0 radical (unpaired) electrons. The number of hydrogen-bond donors (Lipinski definition) is 1. The van der Waals surface area contributed by atoms with Crippen LogP contribution in [0.5, 0.6) is 0 Å². The Labute approximate surface area is 101 Å². The first-order chi connectivity index (χ1) is 6.09. The van der Waals surface area contributed by atoms with E-state index in [2.05, 4.69) is 4.98 Å². The lowest BCUT2D eigenvalue weighted by Gasteiger charge is -2.07. The Balaban J connectivity index is 0. The second-order valence-corrected chi connectivity index (χ2v) is 3.08. The number of hydrogen-bond acceptors (Lipinski definition) is 3. The molecular formula is C9H14Cl2N2O2. The number of carbonyl (C=O) groups is 1. The molecule has 1 N–H and O–H groups in total. The van der Waals surface area contributed by atoms with Crippen molar-refractivity contribution in [2.75, 3.05) is 14.1 Å². The molecule has 0 aliphatic carbocycles. The number of pyridine rings is 1. The van der Waals surface area contributed by atoms with E-state index < -0.39 is 5.97 Å². The summed E-state index contributed by atoms with van der Waals surface area (Å²) in [6.45, 7) is 0.722. The standard InChI is InChI=1S/C9H12N2O2.2ClH/c1-11(2)6-8-4-3-7(5-10-8)9(12)13;;/h3-5H,6H2,1-2H3,(H,12,13);2*1H. The van der Waals surface area contributed by atoms with E-state index in [1.165, 1.54) is 6.20 Å². The number of aromatic carboxylic acids is 1. The zero-order chi connectivity index (χ0) is 9.84. The van der Waals surface area contributed by atoms with Crippen molar-refractivity contribution in [1.82, 2.24) is 9.88 Å². The van der Waals surface area contributed by atoms with Crippen LogP contribution in [0.25, 0.3) is 0 Å². The molecule has 1 aromatic heterocycles. The summed E-state index contributed by atoms with van der Waals surface area (Å²) in [7, 11) is 3.87. The molecule has 15 heavy (non-hydrogen) atoms. The van der Waals surface area contributed by atoms with E-state index in [9.17, 15) is 4.79 Å². The first-order valence-corrected chi connectivity index (χ1v) is 3.92. The summed E-state index contributed by atoms with van der Waals surface area (Å²) in [6, 6.07) is 3.29. The summed E-state index contributed by atoms with van der Waals surface area (Å²) in [4.78, 5) is 16.5. The van der Waals surface area contributed by atoms with E-state index in [1.807, 2.05) is 19.0 Å².